The van der Waals surface area contributed by atoms with E-state index in [4.69, 9.17) is 33.3 Å². The highest BCUT2D eigenvalue weighted by Crippen LogP contribution is 2.57. The number of hydrogen-bond donors (Lipinski definition) is 4. The third-order valence-electron chi connectivity index (χ3n) is 7.68. The van der Waals surface area contributed by atoms with E-state index in [0.717, 1.165) is 0 Å². The number of aromatic nitrogens is 9. The van der Waals surface area contributed by atoms with Crippen LogP contribution in [0, 0.1) is 0 Å². The predicted octanol–water partition coefficient (Wildman–Crippen LogP) is 2.90. The molecule has 7 rings (SSSR count). The van der Waals surface area contributed by atoms with Crippen molar-refractivity contribution in [3.05, 3.63) is 41.7 Å². The molecule has 0 aliphatic carbocycles. The lowest BCUT2D eigenvalue weighted by molar-refractivity contribution is -0.0392. The molecule has 3 N–H and O–H groups in total. The Morgan fingerprint density at radius 2 is 1.78 bits per heavy atom. The molecule has 19 nitrogen and oxygen atoms in total. The Kier molecular flexibility index (Phi) is 8.50. The van der Waals surface area contributed by atoms with Gasteiger partial charge in [0.05, 0.1) is 32.0 Å². The smallest absolute Gasteiger partial charge is 0.382 e. The summed E-state index contributed by atoms with van der Waals surface area (Å²) in [4.78, 5) is 36.8. The number of nitrogen functional groups attached to an aromatic ring is 1. The summed E-state index contributed by atoms with van der Waals surface area (Å²) >= 11 is 8.12. The normalized spacial score (nSPS) is 26.3. The van der Waals surface area contributed by atoms with Crippen LogP contribution in [0.5, 0.6) is 0 Å². The van der Waals surface area contributed by atoms with Gasteiger partial charge in [0.2, 0.25) is 5.78 Å². The fourth-order valence-corrected chi connectivity index (χ4v) is 7.65. The molecule has 2 unspecified atom stereocenters. The number of hydrogen-bond acceptors (Lipinski definition) is 15. The second-order valence-electron chi connectivity index (χ2n) is 10.5. The number of rotatable bonds is 11. The Labute approximate surface area is 269 Å². The zero-order chi connectivity index (χ0) is 32.2. The molecule has 46 heavy (non-hydrogen) atoms. The first-order valence-corrected chi connectivity index (χ1v) is 19.3. The maximum Gasteiger partial charge on any atom is 0.386 e. The predicted molar refractivity (Wildman–Crippen MR) is 167 cm³/mol. The number of imidazole rings is 3. The first-order valence-electron chi connectivity index (χ1n) is 13.9. The van der Waals surface area contributed by atoms with Crippen LogP contribution >= 0.6 is 38.1 Å². The number of ether oxygens (including phenoxy) is 2. The molecule has 0 amide bonds. The van der Waals surface area contributed by atoms with Crippen LogP contribution in [0.1, 0.15) is 31.7 Å². The summed E-state index contributed by atoms with van der Waals surface area (Å²) in [7, 11) is 1.19. The summed E-state index contributed by atoms with van der Waals surface area (Å²) in [5.74, 6) is 0.574. The van der Waals surface area contributed by atoms with Gasteiger partial charge in [0.25, 0.3) is 5.56 Å². The van der Waals surface area contributed by atoms with Crippen LogP contribution in [0.25, 0.3) is 28.1 Å². The largest absolute Gasteiger partial charge is 0.386 e. The van der Waals surface area contributed by atoms with Crippen LogP contribution in [0.4, 0.5) is 5.82 Å². The van der Waals surface area contributed by atoms with E-state index in [-0.39, 0.29) is 36.5 Å². The molecule has 2 aliphatic heterocycles. The molecule has 0 bridgehead atoms. The molecule has 0 aromatic carbocycles. The third-order valence-corrected chi connectivity index (χ3v) is 11.1. The monoisotopic (exact) mass is 714 g/mol. The Balaban J connectivity index is 1.04. The molecule has 7 atom stereocenters. The maximum atomic E-state index is 13.5. The van der Waals surface area contributed by atoms with Gasteiger partial charge in [0.1, 0.15) is 42.2 Å². The number of thiol groups is 2. The zero-order valence-electron chi connectivity index (χ0n) is 23.9. The number of aromatic amines is 1. The van der Waals surface area contributed by atoms with Crippen LogP contribution in [-0.4, -0.2) is 82.1 Å². The number of anilines is 1. The summed E-state index contributed by atoms with van der Waals surface area (Å²) in [6, 6.07) is 0. The minimum Gasteiger partial charge on any atom is -0.382 e. The molecule has 0 saturated carbocycles. The van der Waals surface area contributed by atoms with Crippen molar-refractivity contribution in [1.29, 1.82) is 0 Å². The van der Waals surface area contributed by atoms with E-state index in [1.165, 1.54) is 36.6 Å². The van der Waals surface area contributed by atoms with Crippen LogP contribution in [0.3, 0.4) is 0 Å². The minimum atomic E-state index is -4.00. The van der Waals surface area contributed by atoms with E-state index in [2.05, 4.69) is 54.4 Å². The van der Waals surface area contributed by atoms with Gasteiger partial charge in [-0.3, -0.25) is 27.5 Å². The highest BCUT2D eigenvalue weighted by molar-refractivity contribution is 8.44. The Bertz CT molecular complexity index is 2070. The average Bonchev–Trinajstić information content (AvgIpc) is 3.85. The van der Waals surface area contributed by atoms with E-state index in [1.54, 1.807) is 15.5 Å². The van der Waals surface area contributed by atoms with Crippen molar-refractivity contribution in [2.24, 2.45) is 0 Å². The van der Waals surface area contributed by atoms with E-state index in [0.29, 0.717) is 35.4 Å². The van der Waals surface area contributed by atoms with Gasteiger partial charge < -0.3 is 24.7 Å². The van der Waals surface area contributed by atoms with Gasteiger partial charge in [-0.25, -0.2) is 38.5 Å². The number of H-pyrrole nitrogens is 1. The highest BCUT2D eigenvalue weighted by Gasteiger charge is 2.43. The van der Waals surface area contributed by atoms with Gasteiger partial charge in [-0.2, -0.15) is 0 Å². The van der Waals surface area contributed by atoms with Gasteiger partial charge in [-0.15, -0.1) is 0 Å². The van der Waals surface area contributed by atoms with E-state index in [1.807, 2.05) is 0 Å². The lowest BCUT2D eigenvalue weighted by Crippen LogP contribution is -2.28. The van der Waals surface area contributed by atoms with Crippen molar-refractivity contribution >= 4 is 72.0 Å². The fourth-order valence-electron chi connectivity index (χ4n) is 5.47. The second kappa shape index (κ2) is 12.3. The van der Waals surface area contributed by atoms with Gasteiger partial charge in [0, 0.05) is 25.9 Å². The van der Waals surface area contributed by atoms with Gasteiger partial charge >= 0.3 is 13.6 Å². The number of nitrogens with two attached hydrogens (primary N) is 1. The molecule has 23 heteroatoms. The lowest BCUT2D eigenvalue weighted by Gasteiger charge is -2.23. The number of nitrogens with zero attached hydrogens (tertiary/aromatic N) is 8. The quantitative estimate of drug-likeness (QED) is 0.114. The number of fused-ring (bicyclic) bond motifs is 3. The maximum absolute atomic E-state index is 13.5. The van der Waals surface area contributed by atoms with Gasteiger partial charge in [-0.1, -0.05) is 24.5 Å². The van der Waals surface area contributed by atoms with Crippen molar-refractivity contribution in [3.8, 4) is 0 Å². The molecule has 5 aromatic rings. The van der Waals surface area contributed by atoms with Crippen LogP contribution in [0.2, 0.25) is 0 Å². The van der Waals surface area contributed by atoms with Gasteiger partial charge in [0.15, 0.2) is 17.0 Å². The summed E-state index contributed by atoms with van der Waals surface area (Å²) in [5.41, 5.74) is 7.04. The standard InChI is InChI=1S/C23H28N10O9P2S2/c1-37-43(35,45)39-8-14-13(6-16(41-14)33-11-29-18-21(33)30-23-25-4-5-31(23)22(18)34)42-44(36,46)38-7-12-2-3-15(40-12)32-10-28-17-19(24)26-9-27-20(17)32/h4-5,9-16H,2-3,6-8H2,1H3,(H,25,30)(H,35,45)(H,36,46)(H2,24,26,27)/t12-,13-,14+,15+,16+,43?,44?/m0/s1. The SMILES string of the molecule is COP(=O)(S)OC[C@H]1O[C@@H](n2cnc3c(=O)n4ccnc4[nH]c32)C[C@@H]1OP(=O)(S)OC[C@@H]1CC[C@H](n2cnc3c(N)ncnc32)O1. The molecule has 0 spiro atoms. The molecule has 2 saturated heterocycles. The first-order chi connectivity index (χ1) is 22.0. The Morgan fingerprint density at radius 3 is 2.61 bits per heavy atom. The molecular formula is C23H28N10O9P2S2. The minimum absolute atomic E-state index is 0.0809. The lowest BCUT2D eigenvalue weighted by atomic mass is 10.2. The summed E-state index contributed by atoms with van der Waals surface area (Å²) < 4.78 is 64.4. The van der Waals surface area contributed by atoms with Crippen molar-refractivity contribution in [3.63, 3.8) is 0 Å². The van der Waals surface area contributed by atoms with Crippen molar-refractivity contribution in [1.82, 2.24) is 43.4 Å². The molecular weight excluding hydrogens is 686 g/mol. The molecule has 5 aromatic heterocycles. The Morgan fingerprint density at radius 1 is 1.00 bits per heavy atom. The fraction of sp³-hybridized carbons (Fsp3) is 0.478. The molecule has 246 valence electrons. The second-order valence-corrected chi connectivity index (χ2v) is 16.4. The molecule has 7 heterocycles. The summed E-state index contributed by atoms with van der Waals surface area (Å²) in [5, 5.41) is 0. The summed E-state index contributed by atoms with van der Waals surface area (Å²) in [6.07, 6.45) is 5.27. The van der Waals surface area contributed by atoms with Crippen molar-refractivity contribution < 1.29 is 36.7 Å². The molecule has 2 fully saturated rings. The highest BCUT2D eigenvalue weighted by atomic mass is 32.7. The van der Waals surface area contributed by atoms with Crippen LogP contribution in [0.15, 0.2) is 36.2 Å². The van der Waals surface area contributed by atoms with Crippen molar-refractivity contribution in [2.75, 3.05) is 26.1 Å². The molecule has 0 radical (unpaired) electrons. The zero-order valence-corrected chi connectivity index (χ0v) is 27.5. The average molecular weight is 715 g/mol. The topological polar surface area (TPSA) is 227 Å². The third kappa shape index (κ3) is 6.12. The van der Waals surface area contributed by atoms with Crippen LogP contribution in [-0.2, 0) is 36.7 Å². The van der Waals surface area contributed by atoms with Crippen LogP contribution < -0.4 is 11.3 Å². The Hall–Kier alpha value is -2.84. The first kappa shape index (κ1) is 31.7. The van der Waals surface area contributed by atoms with Gasteiger partial charge in [-0.05, 0) is 12.8 Å². The molecule has 2 aliphatic rings. The van der Waals surface area contributed by atoms with E-state index >= 15 is 0 Å². The van der Waals surface area contributed by atoms with E-state index < -0.39 is 44.4 Å². The number of nitrogens with one attached hydrogen (secondary N) is 1. The van der Waals surface area contributed by atoms with E-state index in [9.17, 15) is 13.9 Å². The summed E-state index contributed by atoms with van der Waals surface area (Å²) in [6.45, 7) is -8.08. The van der Waals surface area contributed by atoms with Crippen molar-refractivity contribution in [2.45, 2.75) is 50.0 Å².